The van der Waals surface area contributed by atoms with Crippen LogP contribution in [0.4, 0.5) is 5.69 Å². The number of carbonyl (C=O) groups is 3. The molecular formula is C19H20N2O3. The molecule has 0 aromatic heterocycles. The van der Waals surface area contributed by atoms with E-state index in [0.717, 1.165) is 5.56 Å². The summed E-state index contributed by atoms with van der Waals surface area (Å²) in [6, 6.07) is 14.0. The molecule has 0 radical (unpaired) electrons. The summed E-state index contributed by atoms with van der Waals surface area (Å²) in [7, 11) is 0. The quantitative estimate of drug-likeness (QED) is 0.802. The highest BCUT2D eigenvalue weighted by atomic mass is 16.2. The van der Waals surface area contributed by atoms with E-state index in [1.54, 1.807) is 36.4 Å². The maximum absolute atomic E-state index is 12.0. The number of ketones is 1. The summed E-state index contributed by atoms with van der Waals surface area (Å²) in [6.07, 6.45) is 0.155. The van der Waals surface area contributed by atoms with Crippen LogP contribution in [0.25, 0.3) is 0 Å². The molecule has 0 aliphatic heterocycles. The molecule has 0 aliphatic rings. The van der Waals surface area contributed by atoms with E-state index >= 15 is 0 Å². The minimum absolute atomic E-state index is 0.0588. The second-order valence-corrected chi connectivity index (χ2v) is 5.56. The van der Waals surface area contributed by atoms with Crippen molar-refractivity contribution in [2.75, 3.05) is 11.9 Å². The molecule has 0 bridgehead atoms. The third kappa shape index (κ3) is 5.05. The Morgan fingerprint density at radius 2 is 1.67 bits per heavy atom. The number of Topliss-reactive ketones (excluding diaryl/α,β-unsaturated/α-hetero) is 1. The third-order valence-electron chi connectivity index (χ3n) is 3.47. The zero-order chi connectivity index (χ0) is 17.5. The van der Waals surface area contributed by atoms with Gasteiger partial charge in [-0.15, -0.1) is 0 Å². The van der Waals surface area contributed by atoms with Crippen molar-refractivity contribution in [1.29, 1.82) is 0 Å². The summed E-state index contributed by atoms with van der Waals surface area (Å²) in [6.45, 7) is 3.63. The van der Waals surface area contributed by atoms with Crippen LogP contribution in [0.1, 0.15) is 39.6 Å². The van der Waals surface area contributed by atoms with E-state index in [0.29, 0.717) is 16.8 Å². The average Bonchev–Trinajstić information content (AvgIpc) is 2.55. The minimum Gasteiger partial charge on any atom is -0.352 e. The zero-order valence-corrected chi connectivity index (χ0v) is 13.8. The fourth-order valence-corrected chi connectivity index (χ4v) is 2.22. The van der Waals surface area contributed by atoms with Gasteiger partial charge in [0.25, 0.3) is 5.91 Å². The molecular weight excluding hydrogens is 304 g/mol. The number of amides is 2. The molecule has 5 nitrogen and oxygen atoms in total. The van der Waals surface area contributed by atoms with Gasteiger partial charge < -0.3 is 10.6 Å². The molecule has 0 atom stereocenters. The summed E-state index contributed by atoms with van der Waals surface area (Å²) in [4.78, 5) is 35.2. The summed E-state index contributed by atoms with van der Waals surface area (Å²) in [5, 5.41) is 5.44. The summed E-state index contributed by atoms with van der Waals surface area (Å²) in [5.74, 6) is -0.484. The summed E-state index contributed by atoms with van der Waals surface area (Å²) < 4.78 is 0. The molecule has 0 saturated carbocycles. The largest absolute Gasteiger partial charge is 0.352 e. The van der Waals surface area contributed by atoms with Crippen LogP contribution in [0, 0.1) is 6.92 Å². The van der Waals surface area contributed by atoms with Gasteiger partial charge in [0, 0.05) is 29.8 Å². The third-order valence-corrected chi connectivity index (χ3v) is 3.47. The number of hydrogen-bond donors (Lipinski definition) is 2. The lowest BCUT2D eigenvalue weighted by Crippen LogP contribution is -2.27. The van der Waals surface area contributed by atoms with Crippen LogP contribution >= 0.6 is 0 Å². The molecule has 0 spiro atoms. The molecule has 2 aromatic carbocycles. The van der Waals surface area contributed by atoms with Crippen LogP contribution in [-0.4, -0.2) is 24.1 Å². The Balaban J connectivity index is 1.82. The van der Waals surface area contributed by atoms with E-state index in [9.17, 15) is 14.4 Å². The lowest BCUT2D eigenvalue weighted by molar-refractivity contribution is -0.116. The van der Waals surface area contributed by atoms with Crippen LogP contribution in [0.2, 0.25) is 0 Å². The molecule has 2 rings (SSSR count). The predicted octanol–water partition coefficient (Wildman–Crippen LogP) is 2.96. The second kappa shape index (κ2) is 8.06. The van der Waals surface area contributed by atoms with Crippen molar-refractivity contribution >= 4 is 23.3 Å². The van der Waals surface area contributed by atoms with Crippen LogP contribution in [0.15, 0.2) is 48.5 Å². The van der Waals surface area contributed by atoms with Crippen LogP contribution in [0.5, 0.6) is 0 Å². The highest BCUT2D eigenvalue weighted by Gasteiger charge is 2.08. The number of anilines is 1. The zero-order valence-electron chi connectivity index (χ0n) is 13.8. The van der Waals surface area contributed by atoms with E-state index in [1.165, 1.54) is 6.92 Å². The van der Waals surface area contributed by atoms with Gasteiger partial charge in [-0.05, 0) is 38.1 Å². The monoisotopic (exact) mass is 324 g/mol. The number of hydrogen-bond acceptors (Lipinski definition) is 3. The fourth-order valence-electron chi connectivity index (χ4n) is 2.22. The van der Waals surface area contributed by atoms with Gasteiger partial charge in [-0.3, -0.25) is 14.4 Å². The Bertz CT molecular complexity index is 769. The van der Waals surface area contributed by atoms with Crippen LogP contribution < -0.4 is 10.6 Å². The van der Waals surface area contributed by atoms with Crippen molar-refractivity contribution in [3.63, 3.8) is 0 Å². The summed E-state index contributed by atoms with van der Waals surface area (Å²) >= 11 is 0. The van der Waals surface area contributed by atoms with Gasteiger partial charge in [0.15, 0.2) is 5.78 Å². The fraction of sp³-hybridized carbons (Fsp3) is 0.211. The first-order chi connectivity index (χ1) is 11.5. The molecule has 5 heteroatoms. The van der Waals surface area contributed by atoms with Gasteiger partial charge >= 0.3 is 0 Å². The molecule has 2 amide bonds. The minimum atomic E-state index is -0.222. The Hall–Kier alpha value is -2.95. The van der Waals surface area contributed by atoms with Gasteiger partial charge in [0.2, 0.25) is 5.91 Å². The first-order valence-electron chi connectivity index (χ1n) is 7.71. The first-order valence-corrected chi connectivity index (χ1v) is 7.71. The van der Waals surface area contributed by atoms with Crippen LogP contribution in [0.3, 0.4) is 0 Å². The van der Waals surface area contributed by atoms with Crippen molar-refractivity contribution in [3.8, 4) is 0 Å². The SMILES string of the molecule is CC(=O)c1cccc(NC(=O)CCNC(=O)c2cccc(C)c2)c1. The Morgan fingerprint density at radius 3 is 2.38 bits per heavy atom. The highest BCUT2D eigenvalue weighted by molar-refractivity contribution is 5.97. The van der Waals surface area contributed by atoms with E-state index in [1.807, 2.05) is 19.1 Å². The molecule has 2 aromatic rings. The van der Waals surface area contributed by atoms with Gasteiger partial charge in [0.1, 0.15) is 0 Å². The van der Waals surface area contributed by atoms with Gasteiger partial charge in [-0.1, -0.05) is 29.8 Å². The lowest BCUT2D eigenvalue weighted by Gasteiger charge is -2.08. The molecule has 2 N–H and O–H groups in total. The van der Waals surface area contributed by atoms with Crippen molar-refractivity contribution < 1.29 is 14.4 Å². The molecule has 0 unspecified atom stereocenters. The molecule has 0 saturated heterocycles. The van der Waals surface area contributed by atoms with Crippen molar-refractivity contribution in [2.45, 2.75) is 20.3 Å². The summed E-state index contributed by atoms with van der Waals surface area (Å²) in [5.41, 5.74) is 2.69. The van der Waals surface area contributed by atoms with Gasteiger partial charge in [-0.2, -0.15) is 0 Å². The molecule has 124 valence electrons. The van der Waals surface area contributed by atoms with Gasteiger partial charge in [-0.25, -0.2) is 0 Å². The maximum Gasteiger partial charge on any atom is 0.251 e. The topological polar surface area (TPSA) is 75.3 Å². The van der Waals surface area contributed by atoms with Crippen molar-refractivity contribution in [3.05, 3.63) is 65.2 Å². The molecule has 0 fully saturated rings. The second-order valence-electron chi connectivity index (χ2n) is 5.56. The number of carbonyl (C=O) groups excluding carboxylic acids is 3. The average molecular weight is 324 g/mol. The molecule has 0 heterocycles. The number of benzene rings is 2. The highest BCUT2D eigenvalue weighted by Crippen LogP contribution is 2.11. The predicted molar refractivity (Wildman–Crippen MR) is 93.2 cm³/mol. The lowest BCUT2D eigenvalue weighted by atomic mass is 10.1. The number of aryl methyl sites for hydroxylation is 1. The van der Waals surface area contributed by atoms with Crippen molar-refractivity contribution in [2.24, 2.45) is 0 Å². The van der Waals surface area contributed by atoms with Crippen molar-refractivity contribution in [1.82, 2.24) is 5.32 Å². The smallest absolute Gasteiger partial charge is 0.251 e. The van der Waals surface area contributed by atoms with E-state index < -0.39 is 0 Å². The molecule has 24 heavy (non-hydrogen) atoms. The Labute approximate surface area is 141 Å². The van der Waals surface area contributed by atoms with Crippen LogP contribution in [-0.2, 0) is 4.79 Å². The number of rotatable bonds is 6. The Kier molecular flexibility index (Phi) is 5.84. The number of nitrogens with one attached hydrogen (secondary N) is 2. The van der Waals surface area contributed by atoms with E-state index in [-0.39, 0.29) is 30.6 Å². The normalized spacial score (nSPS) is 10.1. The van der Waals surface area contributed by atoms with E-state index in [2.05, 4.69) is 10.6 Å². The molecule has 0 aliphatic carbocycles. The Morgan fingerprint density at radius 1 is 0.958 bits per heavy atom. The van der Waals surface area contributed by atoms with E-state index in [4.69, 9.17) is 0 Å². The van der Waals surface area contributed by atoms with Gasteiger partial charge in [0.05, 0.1) is 0 Å². The first kappa shape index (κ1) is 17.4. The standard InChI is InChI=1S/C19H20N2O3/c1-13-5-3-7-16(11-13)19(24)20-10-9-18(23)21-17-8-4-6-15(12-17)14(2)22/h3-8,11-12H,9-10H2,1-2H3,(H,20,24)(H,21,23). The maximum atomic E-state index is 12.0.